The number of hydrogen-bond acceptors (Lipinski definition) is 5. The van der Waals surface area contributed by atoms with Crippen molar-refractivity contribution in [1.82, 2.24) is 14.7 Å². The summed E-state index contributed by atoms with van der Waals surface area (Å²) in [5.41, 5.74) is 1.22. The third-order valence-electron chi connectivity index (χ3n) is 3.61. The molecule has 0 radical (unpaired) electrons. The molecule has 0 saturated carbocycles. The number of hydrazine groups is 1. The summed E-state index contributed by atoms with van der Waals surface area (Å²) in [5.74, 6) is 0. The van der Waals surface area contributed by atoms with Crippen molar-refractivity contribution in [3.05, 3.63) is 29.3 Å². The number of nitrogens with zero attached hydrogens (tertiary/aromatic N) is 2. The Morgan fingerprint density at radius 3 is 2.50 bits per heavy atom. The maximum atomic E-state index is 12.4. The molecule has 1 aliphatic heterocycles. The largest absolute Gasteiger partial charge is 0.392 e. The molecule has 0 spiro atoms. The fourth-order valence-corrected chi connectivity index (χ4v) is 3.65. The van der Waals surface area contributed by atoms with Gasteiger partial charge in [-0.2, -0.15) is 0 Å². The van der Waals surface area contributed by atoms with Crippen molar-refractivity contribution < 1.29 is 13.5 Å². The molecule has 1 aromatic carbocycles. The Bertz CT molecular complexity index is 566. The predicted molar refractivity (Wildman–Crippen MR) is 76.5 cm³/mol. The minimum atomic E-state index is -3.59. The molecule has 1 fully saturated rings. The van der Waals surface area contributed by atoms with Crippen LogP contribution in [0, 0.1) is 6.92 Å². The summed E-state index contributed by atoms with van der Waals surface area (Å²) < 4.78 is 24.8. The molecule has 0 aliphatic carbocycles. The number of rotatable bonds is 4. The van der Waals surface area contributed by atoms with Crippen LogP contribution in [-0.4, -0.2) is 56.7 Å². The van der Waals surface area contributed by atoms with Gasteiger partial charge in [0.1, 0.15) is 0 Å². The van der Waals surface area contributed by atoms with E-state index in [-0.39, 0.29) is 11.5 Å². The first-order valence-electron chi connectivity index (χ1n) is 6.59. The van der Waals surface area contributed by atoms with Crippen LogP contribution in [0.3, 0.4) is 0 Å². The van der Waals surface area contributed by atoms with E-state index in [4.69, 9.17) is 0 Å². The number of benzene rings is 1. The molecular weight excluding hydrogens is 278 g/mol. The van der Waals surface area contributed by atoms with Gasteiger partial charge in [0.25, 0.3) is 10.0 Å². The van der Waals surface area contributed by atoms with Crippen LogP contribution in [-0.2, 0) is 16.6 Å². The zero-order chi connectivity index (χ0) is 14.8. The van der Waals surface area contributed by atoms with Crippen LogP contribution in [0.1, 0.15) is 11.1 Å². The number of aliphatic hydroxyl groups excluding tert-OH is 1. The molecule has 1 aliphatic rings. The summed E-state index contributed by atoms with van der Waals surface area (Å²) >= 11 is 0. The topological polar surface area (TPSA) is 72.9 Å². The number of sulfonamides is 1. The van der Waals surface area contributed by atoms with Gasteiger partial charge < -0.3 is 10.0 Å². The molecule has 20 heavy (non-hydrogen) atoms. The summed E-state index contributed by atoms with van der Waals surface area (Å²) in [6.07, 6.45) is 0. The number of hydrogen-bond donors (Lipinski definition) is 2. The van der Waals surface area contributed by atoms with Crippen molar-refractivity contribution in [2.75, 3.05) is 33.2 Å². The first-order valence-corrected chi connectivity index (χ1v) is 8.07. The molecule has 1 saturated heterocycles. The summed E-state index contributed by atoms with van der Waals surface area (Å²) in [6, 6.07) is 4.94. The minimum Gasteiger partial charge on any atom is -0.392 e. The lowest BCUT2D eigenvalue weighted by Crippen LogP contribution is -2.52. The Balaban J connectivity index is 2.18. The van der Waals surface area contributed by atoms with E-state index in [9.17, 15) is 13.5 Å². The van der Waals surface area contributed by atoms with E-state index in [1.807, 2.05) is 7.05 Å². The van der Waals surface area contributed by atoms with Gasteiger partial charge in [-0.05, 0) is 31.2 Å². The maximum Gasteiger partial charge on any atom is 0.253 e. The lowest BCUT2D eigenvalue weighted by molar-refractivity contribution is 0.135. The highest BCUT2D eigenvalue weighted by molar-refractivity contribution is 7.89. The zero-order valence-electron chi connectivity index (χ0n) is 11.8. The van der Waals surface area contributed by atoms with Crippen LogP contribution < -0.4 is 4.83 Å². The summed E-state index contributed by atoms with van der Waals surface area (Å²) in [5, 5.41) is 11.0. The van der Waals surface area contributed by atoms with Gasteiger partial charge in [0, 0.05) is 26.2 Å². The van der Waals surface area contributed by atoms with Crippen molar-refractivity contribution in [1.29, 1.82) is 0 Å². The molecule has 6 nitrogen and oxygen atoms in total. The molecule has 1 heterocycles. The molecule has 2 N–H and O–H groups in total. The van der Waals surface area contributed by atoms with Crippen LogP contribution in [0.4, 0.5) is 0 Å². The molecule has 112 valence electrons. The second-order valence-electron chi connectivity index (χ2n) is 5.08. The minimum absolute atomic E-state index is 0.163. The Kier molecular flexibility index (Phi) is 4.77. The zero-order valence-corrected chi connectivity index (χ0v) is 12.7. The van der Waals surface area contributed by atoms with E-state index in [2.05, 4.69) is 9.73 Å². The van der Waals surface area contributed by atoms with Crippen LogP contribution in [0.5, 0.6) is 0 Å². The Morgan fingerprint density at radius 1 is 1.25 bits per heavy atom. The van der Waals surface area contributed by atoms with Crippen molar-refractivity contribution in [2.24, 2.45) is 0 Å². The molecule has 1 aromatic rings. The number of piperazine rings is 1. The van der Waals surface area contributed by atoms with Gasteiger partial charge in [-0.3, -0.25) is 0 Å². The molecule has 2 rings (SSSR count). The monoisotopic (exact) mass is 299 g/mol. The highest BCUT2D eigenvalue weighted by atomic mass is 32.2. The first kappa shape index (κ1) is 15.4. The van der Waals surface area contributed by atoms with Gasteiger partial charge in [-0.1, -0.05) is 12.1 Å². The summed E-state index contributed by atoms with van der Waals surface area (Å²) in [4.78, 5) is 5.00. The fraction of sp³-hybridized carbons (Fsp3) is 0.538. The molecule has 0 amide bonds. The molecule has 0 bridgehead atoms. The Hall–Kier alpha value is -0.990. The summed E-state index contributed by atoms with van der Waals surface area (Å²) in [7, 11) is -1.58. The van der Waals surface area contributed by atoms with E-state index in [1.54, 1.807) is 30.1 Å². The highest BCUT2D eigenvalue weighted by Crippen LogP contribution is 2.19. The van der Waals surface area contributed by atoms with Crippen LogP contribution in [0.25, 0.3) is 0 Å². The van der Waals surface area contributed by atoms with E-state index in [0.717, 1.165) is 13.1 Å². The van der Waals surface area contributed by atoms with E-state index in [1.165, 1.54) is 0 Å². The third-order valence-corrected chi connectivity index (χ3v) is 5.13. The van der Waals surface area contributed by atoms with E-state index >= 15 is 0 Å². The average molecular weight is 299 g/mol. The first-order chi connectivity index (χ1) is 9.44. The van der Waals surface area contributed by atoms with E-state index in [0.29, 0.717) is 24.2 Å². The molecule has 7 heteroatoms. The van der Waals surface area contributed by atoms with Crippen LogP contribution in [0.2, 0.25) is 0 Å². The second-order valence-corrected chi connectivity index (χ2v) is 6.71. The van der Waals surface area contributed by atoms with Crippen molar-refractivity contribution in [3.63, 3.8) is 0 Å². The third kappa shape index (κ3) is 3.36. The Labute approximate surface area is 120 Å². The lowest BCUT2D eigenvalue weighted by Gasteiger charge is -2.32. The van der Waals surface area contributed by atoms with E-state index < -0.39 is 10.0 Å². The highest BCUT2D eigenvalue weighted by Gasteiger charge is 2.23. The van der Waals surface area contributed by atoms with Gasteiger partial charge in [0.15, 0.2) is 0 Å². The fourth-order valence-electron chi connectivity index (χ4n) is 2.24. The van der Waals surface area contributed by atoms with Crippen molar-refractivity contribution in [3.8, 4) is 0 Å². The normalized spacial score (nSPS) is 18.4. The van der Waals surface area contributed by atoms with Gasteiger partial charge >= 0.3 is 0 Å². The number of nitrogens with one attached hydrogen (secondary N) is 1. The second kappa shape index (κ2) is 6.19. The molecular formula is C13H21N3O3S. The van der Waals surface area contributed by atoms with Crippen LogP contribution in [0.15, 0.2) is 23.1 Å². The smallest absolute Gasteiger partial charge is 0.253 e. The molecule has 0 atom stereocenters. The van der Waals surface area contributed by atoms with Gasteiger partial charge in [0.2, 0.25) is 0 Å². The molecule has 0 aromatic heterocycles. The average Bonchev–Trinajstić information content (AvgIpc) is 2.41. The lowest BCUT2D eigenvalue weighted by atomic mass is 10.1. The number of likely N-dealkylation sites (N-methyl/N-ethyl adjacent to an activating group) is 1. The van der Waals surface area contributed by atoms with Gasteiger partial charge in [-0.25, -0.2) is 13.4 Å². The quantitative estimate of drug-likeness (QED) is 0.814. The standard InChI is InChI=1S/C13H21N3O3S/c1-11-12(10-17)4-3-5-13(11)20(18,19)14-16-8-6-15(2)7-9-16/h3-5,14,17H,6-10H2,1-2H3. The summed E-state index contributed by atoms with van der Waals surface area (Å²) in [6.45, 7) is 4.53. The Morgan fingerprint density at radius 2 is 1.90 bits per heavy atom. The molecule has 0 unspecified atom stereocenters. The van der Waals surface area contributed by atoms with Crippen LogP contribution >= 0.6 is 0 Å². The van der Waals surface area contributed by atoms with Crippen molar-refractivity contribution in [2.45, 2.75) is 18.4 Å². The van der Waals surface area contributed by atoms with Gasteiger partial charge in [-0.15, -0.1) is 4.83 Å². The van der Waals surface area contributed by atoms with Crippen molar-refractivity contribution >= 4 is 10.0 Å². The maximum absolute atomic E-state index is 12.4. The van der Waals surface area contributed by atoms with Gasteiger partial charge in [0.05, 0.1) is 11.5 Å². The number of aliphatic hydroxyl groups is 1. The SMILES string of the molecule is Cc1c(CO)cccc1S(=O)(=O)NN1CCN(C)CC1. The predicted octanol–water partition coefficient (Wildman–Crippen LogP) is -0.0720.